The van der Waals surface area contributed by atoms with Gasteiger partial charge < -0.3 is 14.8 Å². The zero-order chi connectivity index (χ0) is 15.8. The number of nitrogens with zero attached hydrogens (tertiary/aromatic N) is 1. The van der Waals surface area contributed by atoms with E-state index in [1.165, 1.54) is 0 Å². The molecule has 1 aromatic carbocycles. The fourth-order valence-corrected chi connectivity index (χ4v) is 2.09. The number of hydrogen-bond acceptors (Lipinski definition) is 4. The third-order valence-electron chi connectivity index (χ3n) is 3.24. The van der Waals surface area contributed by atoms with E-state index in [0.29, 0.717) is 12.5 Å². The monoisotopic (exact) mass is 300 g/mol. The molecule has 0 atom stereocenters. The summed E-state index contributed by atoms with van der Waals surface area (Å²) in [4.78, 5) is 4.28. The lowest BCUT2D eigenvalue weighted by Crippen LogP contribution is -2.19. The van der Waals surface area contributed by atoms with Crippen LogP contribution >= 0.6 is 0 Å². The van der Waals surface area contributed by atoms with Crippen molar-refractivity contribution in [1.29, 1.82) is 0 Å². The highest BCUT2D eigenvalue weighted by molar-refractivity contribution is 5.40. The molecular weight excluding hydrogens is 276 g/mol. The van der Waals surface area contributed by atoms with Crippen LogP contribution in [-0.2, 0) is 13.2 Å². The van der Waals surface area contributed by atoms with Crippen molar-refractivity contribution in [2.45, 2.75) is 27.0 Å². The van der Waals surface area contributed by atoms with Gasteiger partial charge in [-0.3, -0.25) is 4.98 Å². The van der Waals surface area contributed by atoms with E-state index in [4.69, 9.17) is 9.47 Å². The predicted octanol–water partition coefficient (Wildman–Crippen LogP) is 3.41. The summed E-state index contributed by atoms with van der Waals surface area (Å²) >= 11 is 0. The summed E-state index contributed by atoms with van der Waals surface area (Å²) in [5.74, 6) is 2.32. The van der Waals surface area contributed by atoms with Gasteiger partial charge in [-0.1, -0.05) is 19.9 Å². The van der Waals surface area contributed by atoms with Crippen LogP contribution in [0.3, 0.4) is 0 Å². The second kappa shape index (κ2) is 8.39. The van der Waals surface area contributed by atoms with Crippen molar-refractivity contribution in [3.63, 3.8) is 0 Å². The second-order valence-electron chi connectivity index (χ2n) is 5.61. The summed E-state index contributed by atoms with van der Waals surface area (Å²) < 4.78 is 11.2. The molecule has 4 nitrogen and oxygen atoms in total. The molecule has 0 saturated heterocycles. The first-order valence-electron chi connectivity index (χ1n) is 7.59. The molecule has 1 N–H and O–H groups in total. The quantitative estimate of drug-likeness (QED) is 0.811. The third-order valence-corrected chi connectivity index (χ3v) is 3.24. The number of benzene rings is 1. The van der Waals surface area contributed by atoms with E-state index >= 15 is 0 Å². The Morgan fingerprint density at radius 1 is 1.18 bits per heavy atom. The fourth-order valence-electron chi connectivity index (χ4n) is 2.09. The topological polar surface area (TPSA) is 43.4 Å². The lowest BCUT2D eigenvalue weighted by Gasteiger charge is -2.14. The predicted molar refractivity (Wildman–Crippen MR) is 88.1 cm³/mol. The van der Waals surface area contributed by atoms with Crippen LogP contribution in [-0.4, -0.2) is 18.6 Å². The molecular formula is C18H24N2O2. The Kier molecular flexibility index (Phi) is 6.22. The maximum absolute atomic E-state index is 5.92. The zero-order valence-corrected chi connectivity index (χ0v) is 13.5. The summed E-state index contributed by atoms with van der Waals surface area (Å²) in [6.45, 7) is 6.57. The van der Waals surface area contributed by atoms with Crippen LogP contribution in [0.15, 0.2) is 42.6 Å². The molecule has 0 spiro atoms. The molecule has 0 aliphatic rings. The van der Waals surface area contributed by atoms with E-state index in [9.17, 15) is 0 Å². The average Bonchev–Trinajstić information content (AvgIpc) is 2.54. The Bertz CT molecular complexity index is 571. The molecule has 1 heterocycles. The summed E-state index contributed by atoms with van der Waals surface area (Å²) in [6.07, 6.45) is 1.78. The molecule has 0 aliphatic heterocycles. The van der Waals surface area contributed by atoms with E-state index < -0.39 is 0 Å². The van der Waals surface area contributed by atoms with Gasteiger partial charge in [0.25, 0.3) is 0 Å². The molecule has 4 heteroatoms. The number of nitrogens with one attached hydrogen (secondary N) is 1. The molecule has 0 saturated carbocycles. The molecule has 118 valence electrons. The maximum atomic E-state index is 5.92. The standard InChI is InChI=1S/C18H24N2O2/c1-14(2)11-19-12-15-10-17(21-3)7-8-18(15)22-13-16-6-4-5-9-20-16/h4-10,14,19H,11-13H2,1-3H3. The second-order valence-corrected chi connectivity index (χ2v) is 5.61. The van der Waals surface area contributed by atoms with Gasteiger partial charge in [0.05, 0.1) is 12.8 Å². The van der Waals surface area contributed by atoms with Crippen LogP contribution in [0.1, 0.15) is 25.1 Å². The largest absolute Gasteiger partial charge is 0.497 e. The van der Waals surface area contributed by atoms with Gasteiger partial charge in [-0.05, 0) is 42.8 Å². The fraction of sp³-hybridized carbons (Fsp3) is 0.389. The SMILES string of the molecule is COc1ccc(OCc2ccccn2)c(CNCC(C)C)c1. The van der Waals surface area contributed by atoms with Crippen LogP contribution in [0.2, 0.25) is 0 Å². The highest BCUT2D eigenvalue weighted by atomic mass is 16.5. The number of rotatable bonds is 8. The number of hydrogen-bond donors (Lipinski definition) is 1. The lowest BCUT2D eigenvalue weighted by atomic mass is 10.1. The van der Waals surface area contributed by atoms with Gasteiger partial charge in [0.2, 0.25) is 0 Å². The highest BCUT2D eigenvalue weighted by Crippen LogP contribution is 2.25. The van der Waals surface area contributed by atoms with Crippen molar-refractivity contribution in [3.8, 4) is 11.5 Å². The van der Waals surface area contributed by atoms with E-state index in [-0.39, 0.29) is 0 Å². The van der Waals surface area contributed by atoms with Crippen molar-refractivity contribution in [1.82, 2.24) is 10.3 Å². The number of ether oxygens (including phenoxy) is 2. The van der Waals surface area contributed by atoms with Gasteiger partial charge in [0.1, 0.15) is 18.1 Å². The van der Waals surface area contributed by atoms with Crippen molar-refractivity contribution in [2.75, 3.05) is 13.7 Å². The van der Waals surface area contributed by atoms with Crippen molar-refractivity contribution >= 4 is 0 Å². The lowest BCUT2D eigenvalue weighted by molar-refractivity contribution is 0.296. The van der Waals surface area contributed by atoms with Gasteiger partial charge in [0.15, 0.2) is 0 Å². The van der Waals surface area contributed by atoms with Crippen LogP contribution in [0.25, 0.3) is 0 Å². The number of methoxy groups -OCH3 is 1. The van der Waals surface area contributed by atoms with Gasteiger partial charge in [0, 0.05) is 18.3 Å². The van der Waals surface area contributed by atoms with Gasteiger partial charge in [-0.25, -0.2) is 0 Å². The Hall–Kier alpha value is -2.07. The maximum Gasteiger partial charge on any atom is 0.130 e. The Balaban J connectivity index is 2.04. The first kappa shape index (κ1) is 16.3. The van der Waals surface area contributed by atoms with E-state index in [2.05, 4.69) is 24.1 Å². The average molecular weight is 300 g/mol. The van der Waals surface area contributed by atoms with E-state index in [0.717, 1.165) is 35.8 Å². The van der Waals surface area contributed by atoms with E-state index in [1.807, 2.05) is 36.4 Å². The minimum Gasteiger partial charge on any atom is -0.497 e. The molecule has 0 bridgehead atoms. The summed E-state index contributed by atoms with van der Waals surface area (Å²) in [7, 11) is 1.68. The minimum absolute atomic E-state index is 0.463. The molecule has 2 aromatic rings. The summed E-state index contributed by atoms with van der Waals surface area (Å²) in [6, 6.07) is 11.7. The van der Waals surface area contributed by atoms with E-state index in [1.54, 1.807) is 13.3 Å². The normalized spacial score (nSPS) is 10.7. The Morgan fingerprint density at radius 2 is 2.05 bits per heavy atom. The van der Waals surface area contributed by atoms with Crippen LogP contribution < -0.4 is 14.8 Å². The zero-order valence-electron chi connectivity index (χ0n) is 13.5. The van der Waals surface area contributed by atoms with Gasteiger partial charge >= 0.3 is 0 Å². The molecule has 0 amide bonds. The molecule has 0 radical (unpaired) electrons. The molecule has 0 fully saturated rings. The summed E-state index contributed by atoms with van der Waals surface area (Å²) in [5.41, 5.74) is 2.01. The molecule has 0 unspecified atom stereocenters. The Morgan fingerprint density at radius 3 is 2.73 bits per heavy atom. The molecule has 0 aliphatic carbocycles. The molecule has 22 heavy (non-hydrogen) atoms. The van der Waals surface area contributed by atoms with Crippen LogP contribution in [0.4, 0.5) is 0 Å². The molecule has 1 aromatic heterocycles. The van der Waals surface area contributed by atoms with Gasteiger partial charge in [-0.2, -0.15) is 0 Å². The van der Waals surface area contributed by atoms with Crippen molar-refractivity contribution in [3.05, 3.63) is 53.9 Å². The number of aromatic nitrogens is 1. The summed E-state index contributed by atoms with van der Waals surface area (Å²) in [5, 5.41) is 3.44. The molecule has 2 rings (SSSR count). The highest BCUT2D eigenvalue weighted by Gasteiger charge is 2.07. The first-order valence-corrected chi connectivity index (χ1v) is 7.59. The van der Waals surface area contributed by atoms with Gasteiger partial charge in [-0.15, -0.1) is 0 Å². The smallest absolute Gasteiger partial charge is 0.130 e. The Labute approximate surface area is 132 Å². The van der Waals surface area contributed by atoms with Crippen molar-refractivity contribution in [2.24, 2.45) is 5.92 Å². The van der Waals surface area contributed by atoms with Crippen molar-refractivity contribution < 1.29 is 9.47 Å². The number of pyridine rings is 1. The minimum atomic E-state index is 0.463. The van der Waals surface area contributed by atoms with Crippen LogP contribution in [0.5, 0.6) is 11.5 Å². The third kappa shape index (κ3) is 5.04. The first-order chi connectivity index (χ1) is 10.7. The van der Waals surface area contributed by atoms with Crippen LogP contribution in [0, 0.1) is 5.92 Å².